The van der Waals surface area contributed by atoms with Gasteiger partial charge in [0.2, 0.25) is 0 Å². The molecular formula is C13H18F3NO2. The first kappa shape index (κ1) is 15.8. The van der Waals surface area contributed by atoms with E-state index in [-0.39, 0.29) is 6.61 Å². The van der Waals surface area contributed by atoms with Gasteiger partial charge in [-0.2, -0.15) is 0 Å². The van der Waals surface area contributed by atoms with Crippen LogP contribution in [0.1, 0.15) is 25.2 Å². The van der Waals surface area contributed by atoms with E-state index in [0.717, 1.165) is 12.1 Å². The average molecular weight is 277 g/mol. The molecule has 0 aliphatic carbocycles. The summed E-state index contributed by atoms with van der Waals surface area (Å²) in [6.07, 6.45) is -3.75. The molecule has 0 atom stereocenters. The first-order valence-corrected chi connectivity index (χ1v) is 6.08. The van der Waals surface area contributed by atoms with E-state index in [2.05, 4.69) is 23.6 Å². The van der Waals surface area contributed by atoms with Crippen molar-refractivity contribution in [2.24, 2.45) is 5.92 Å². The summed E-state index contributed by atoms with van der Waals surface area (Å²) in [4.78, 5) is 4.35. The van der Waals surface area contributed by atoms with Crippen molar-refractivity contribution in [2.45, 2.75) is 33.6 Å². The Kier molecular flexibility index (Phi) is 5.60. The lowest BCUT2D eigenvalue weighted by molar-refractivity contribution is -0.325. The molecule has 19 heavy (non-hydrogen) atoms. The Hall–Kier alpha value is -1.30. The summed E-state index contributed by atoms with van der Waals surface area (Å²) in [5.74, 6) is 0.983. The molecule has 0 aromatic carbocycles. The number of ether oxygens (including phenoxy) is 2. The highest BCUT2D eigenvalue weighted by molar-refractivity contribution is 5.28. The molecular weight excluding hydrogens is 259 g/mol. The predicted molar refractivity (Wildman–Crippen MR) is 65.0 cm³/mol. The van der Waals surface area contributed by atoms with Crippen molar-refractivity contribution in [1.29, 1.82) is 0 Å². The Balaban J connectivity index is 2.46. The molecule has 0 N–H and O–H groups in total. The van der Waals surface area contributed by atoms with Crippen LogP contribution in [-0.2, 0) is 11.2 Å². The van der Waals surface area contributed by atoms with E-state index in [1.165, 1.54) is 0 Å². The van der Waals surface area contributed by atoms with E-state index in [1.807, 2.05) is 6.07 Å². The van der Waals surface area contributed by atoms with Crippen LogP contribution >= 0.6 is 0 Å². The maximum Gasteiger partial charge on any atom is 0.522 e. The summed E-state index contributed by atoms with van der Waals surface area (Å²) in [7, 11) is 0. The summed E-state index contributed by atoms with van der Waals surface area (Å²) in [5, 5.41) is 0. The van der Waals surface area contributed by atoms with Crippen molar-refractivity contribution in [1.82, 2.24) is 4.98 Å². The molecule has 1 aromatic heterocycles. The maximum atomic E-state index is 11.7. The highest BCUT2D eigenvalue weighted by atomic mass is 19.4. The lowest BCUT2D eigenvalue weighted by Crippen LogP contribution is -2.18. The van der Waals surface area contributed by atoms with Gasteiger partial charge in [-0.3, -0.25) is 9.72 Å². The largest absolute Gasteiger partial charge is 0.522 e. The molecule has 0 unspecified atom stereocenters. The Morgan fingerprint density at radius 1 is 1.21 bits per heavy atom. The number of alkyl halides is 3. The van der Waals surface area contributed by atoms with Gasteiger partial charge in [0.15, 0.2) is 0 Å². The monoisotopic (exact) mass is 277 g/mol. The number of rotatable bonds is 6. The SMILES string of the molecule is Cc1nc(CC(C)C)ccc1OCCOC(F)(F)F. The topological polar surface area (TPSA) is 31.4 Å². The zero-order chi connectivity index (χ0) is 14.5. The van der Waals surface area contributed by atoms with Gasteiger partial charge in [0.05, 0.1) is 12.3 Å². The molecule has 1 heterocycles. The van der Waals surface area contributed by atoms with Gasteiger partial charge in [0.1, 0.15) is 12.4 Å². The summed E-state index contributed by atoms with van der Waals surface area (Å²) in [6, 6.07) is 3.56. The van der Waals surface area contributed by atoms with E-state index in [0.29, 0.717) is 17.4 Å². The van der Waals surface area contributed by atoms with Gasteiger partial charge < -0.3 is 4.74 Å². The molecule has 0 radical (unpaired) electrons. The van der Waals surface area contributed by atoms with Crippen LogP contribution in [0.5, 0.6) is 5.75 Å². The smallest absolute Gasteiger partial charge is 0.489 e. The highest BCUT2D eigenvalue weighted by Gasteiger charge is 2.28. The third-order valence-corrected chi connectivity index (χ3v) is 2.32. The Labute approximate surface area is 110 Å². The Bertz CT molecular complexity index is 405. The lowest BCUT2D eigenvalue weighted by Gasteiger charge is -2.12. The summed E-state index contributed by atoms with van der Waals surface area (Å²) < 4.78 is 44.1. The highest BCUT2D eigenvalue weighted by Crippen LogP contribution is 2.19. The van der Waals surface area contributed by atoms with Crippen LogP contribution in [0.4, 0.5) is 13.2 Å². The zero-order valence-corrected chi connectivity index (χ0v) is 11.3. The number of halogens is 3. The predicted octanol–water partition coefficient (Wildman–Crippen LogP) is 3.50. The third kappa shape index (κ3) is 6.42. The van der Waals surface area contributed by atoms with Crippen LogP contribution in [-0.4, -0.2) is 24.6 Å². The van der Waals surface area contributed by atoms with E-state index < -0.39 is 13.0 Å². The van der Waals surface area contributed by atoms with Gasteiger partial charge in [0.25, 0.3) is 0 Å². The van der Waals surface area contributed by atoms with Gasteiger partial charge in [-0.05, 0) is 31.4 Å². The molecule has 1 rings (SSSR count). The number of aromatic nitrogens is 1. The molecule has 0 spiro atoms. The molecule has 1 aromatic rings. The van der Waals surface area contributed by atoms with Gasteiger partial charge in [0, 0.05) is 5.69 Å². The minimum absolute atomic E-state index is 0.161. The second-order valence-corrected chi connectivity index (χ2v) is 4.63. The van der Waals surface area contributed by atoms with E-state index in [1.54, 1.807) is 13.0 Å². The van der Waals surface area contributed by atoms with Crippen LogP contribution in [0, 0.1) is 12.8 Å². The van der Waals surface area contributed by atoms with E-state index >= 15 is 0 Å². The van der Waals surface area contributed by atoms with Crippen LogP contribution < -0.4 is 4.74 Å². The standard InChI is InChI=1S/C13H18F3NO2/c1-9(2)8-11-4-5-12(10(3)17-11)18-6-7-19-13(14,15)16/h4-5,9H,6-8H2,1-3H3. The number of nitrogens with zero attached hydrogens (tertiary/aromatic N) is 1. The molecule has 0 bridgehead atoms. The second kappa shape index (κ2) is 6.75. The van der Waals surface area contributed by atoms with E-state index in [4.69, 9.17) is 4.74 Å². The first-order valence-electron chi connectivity index (χ1n) is 6.08. The molecule has 0 aliphatic rings. The van der Waals surface area contributed by atoms with Crippen molar-refractivity contribution < 1.29 is 22.6 Å². The van der Waals surface area contributed by atoms with Gasteiger partial charge in [-0.25, -0.2) is 0 Å². The van der Waals surface area contributed by atoms with Crippen LogP contribution in [0.2, 0.25) is 0 Å². The minimum atomic E-state index is -4.61. The molecule has 0 aliphatic heterocycles. The lowest BCUT2D eigenvalue weighted by atomic mass is 10.1. The summed E-state index contributed by atoms with van der Waals surface area (Å²) in [6.45, 7) is 5.26. The van der Waals surface area contributed by atoms with Crippen molar-refractivity contribution in [3.05, 3.63) is 23.5 Å². The Morgan fingerprint density at radius 2 is 1.89 bits per heavy atom. The van der Waals surface area contributed by atoms with Crippen LogP contribution in [0.3, 0.4) is 0 Å². The van der Waals surface area contributed by atoms with Crippen LogP contribution in [0.15, 0.2) is 12.1 Å². The minimum Gasteiger partial charge on any atom is -0.489 e. The number of hydrogen-bond acceptors (Lipinski definition) is 3. The molecule has 0 saturated heterocycles. The molecule has 0 amide bonds. The number of hydrogen-bond donors (Lipinski definition) is 0. The zero-order valence-electron chi connectivity index (χ0n) is 11.3. The molecule has 0 fully saturated rings. The van der Waals surface area contributed by atoms with Crippen molar-refractivity contribution >= 4 is 0 Å². The second-order valence-electron chi connectivity index (χ2n) is 4.63. The number of aryl methyl sites for hydroxylation is 1. The quantitative estimate of drug-likeness (QED) is 0.746. The number of pyridine rings is 1. The fraction of sp³-hybridized carbons (Fsp3) is 0.615. The van der Waals surface area contributed by atoms with Crippen LogP contribution in [0.25, 0.3) is 0 Å². The normalized spacial score (nSPS) is 11.9. The molecule has 3 nitrogen and oxygen atoms in total. The van der Waals surface area contributed by atoms with Gasteiger partial charge >= 0.3 is 6.36 Å². The third-order valence-electron chi connectivity index (χ3n) is 2.32. The van der Waals surface area contributed by atoms with Gasteiger partial charge in [-0.1, -0.05) is 13.8 Å². The van der Waals surface area contributed by atoms with Crippen molar-refractivity contribution in [3.8, 4) is 5.75 Å². The first-order chi connectivity index (χ1) is 8.78. The average Bonchev–Trinajstić information content (AvgIpc) is 2.24. The maximum absolute atomic E-state index is 11.7. The van der Waals surface area contributed by atoms with Crippen molar-refractivity contribution in [2.75, 3.05) is 13.2 Å². The van der Waals surface area contributed by atoms with E-state index in [9.17, 15) is 13.2 Å². The van der Waals surface area contributed by atoms with Gasteiger partial charge in [-0.15, -0.1) is 13.2 Å². The fourth-order valence-electron chi connectivity index (χ4n) is 1.59. The fourth-order valence-corrected chi connectivity index (χ4v) is 1.59. The molecule has 108 valence electrons. The molecule has 0 saturated carbocycles. The van der Waals surface area contributed by atoms with Crippen molar-refractivity contribution in [3.63, 3.8) is 0 Å². The molecule has 6 heteroatoms. The summed E-state index contributed by atoms with van der Waals surface area (Å²) >= 11 is 0. The Morgan fingerprint density at radius 3 is 2.42 bits per heavy atom. The summed E-state index contributed by atoms with van der Waals surface area (Å²) in [5.41, 5.74) is 1.62.